The van der Waals surface area contributed by atoms with Gasteiger partial charge in [-0.05, 0) is 45.7 Å². The maximum atomic E-state index is 12.7. The first-order valence-electron chi connectivity index (χ1n) is 6.91. The lowest BCUT2D eigenvalue weighted by atomic mass is 9.98. The Labute approximate surface area is 115 Å². The number of amides is 1. The van der Waals surface area contributed by atoms with Gasteiger partial charge in [0.1, 0.15) is 0 Å². The Bertz CT molecular complexity index is 463. The van der Waals surface area contributed by atoms with Crippen molar-refractivity contribution in [2.24, 2.45) is 0 Å². The van der Waals surface area contributed by atoms with Crippen molar-refractivity contribution in [1.29, 1.82) is 0 Å². The maximum absolute atomic E-state index is 12.7. The van der Waals surface area contributed by atoms with E-state index in [1.165, 1.54) is 5.56 Å². The molecule has 1 heterocycles. The monoisotopic (exact) mass is 261 g/mol. The van der Waals surface area contributed by atoms with Crippen molar-refractivity contribution in [3.8, 4) is 0 Å². The summed E-state index contributed by atoms with van der Waals surface area (Å²) in [5.74, 6) is 0.136. The zero-order chi connectivity index (χ0) is 14.2. The average molecular weight is 261 g/mol. The third kappa shape index (κ3) is 2.98. The molecule has 1 aromatic rings. The molecule has 0 aliphatic carbocycles. The van der Waals surface area contributed by atoms with Crippen LogP contribution in [0.25, 0.3) is 0 Å². The number of ether oxygens (including phenoxy) is 1. The largest absolute Gasteiger partial charge is 0.372 e. The summed E-state index contributed by atoms with van der Waals surface area (Å²) >= 11 is 0. The molecule has 3 heteroatoms. The molecule has 0 N–H and O–H groups in total. The van der Waals surface area contributed by atoms with Crippen LogP contribution in [0.15, 0.2) is 12.1 Å². The Hall–Kier alpha value is -1.35. The quantitative estimate of drug-likeness (QED) is 0.778. The number of carbonyl (C=O) groups excluding carboxylic acids is 1. The van der Waals surface area contributed by atoms with Crippen LogP contribution in [-0.4, -0.2) is 36.1 Å². The van der Waals surface area contributed by atoms with Gasteiger partial charge in [0.15, 0.2) is 0 Å². The number of carbonyl (C=O) groups is 1. The second-order valence-electron chi connectivity index (χ2n) is 5.74. The highest BCUT2D eigenvalue weighted by atomic mass is 16.5. The molecule has 104 valence electrons. The first-order chi connectivity index (χ1) is 8.88. The molecule has 2 atom stereocenters. The lowest BCUT2D eigenvalue weighted by Gasteiger charge is -2.36. The van der Waals surface area contributed by atoms with Gasteiger partial charge in [-0.1, -0.05) is 17.7 Å². The molecule has 1 saturated heterocycles. The Morgan fingerprint density at radius 1 is 1.11 bits per heavy atom. The van der Waals surface area contributed by atoms with Gasteiger partial charge < -0.3 is 9.64 Å². The summed E-state index contributed by atoms with van der Waals surface area (Å²) in [6.07, 6.45) is 0.220. The van der Waals surface area contributed by atoms with Crippen LogP contribution in [0.2, 0.25) is 0 Å². The van der Waals surface area contributed by atoms with Crippen LogP contribution in [0.1, 0.15) is 40.9 Å². The zero-order valence-electron chi connectivity index (χ0n) is 12.5. The van der Waals surface area contributed by atoms with Crippen LogP contribution in [0.3, 0.4) is 0 Å². The number of benzene rings is 1. The van der Waals surface area contributed by atoms with E-state index in [1.807, 2.05) is 32.6 Å². The Morgan fingerprint density at radius 2 is 1.58 bits per heavy atom. The van der Waals surface area contributed by atoms with E-state index in [2.05, 4.69) is 19.1 Å². The summed E-state index contributed by atoms with van der Waals surface area (Å²) in [5, 5.41) is 0. The van der Waals surface area contributed by atoms with E-state index in [-0.39, 0.29) is 18.1 Å². The summed E-state index contributed by atoms with van der Waals surface area (Å²) in [6.45, 7) is 11.5. The SMILES string of the molecule is Cc1cc(C)c(C(=O)N2C[C@@H](C)O[C@@H](C)C2)c(C)c1. The normalized spacial score (nSPS) is 23.5. The molecular formula is C16H23NO2. The fraction of sp³-hybridized carbons (Fsp3) is 0.562. The van der Waals surface area contributed by atoms with E-state index < -0.39 is 0 Å². The average Bonchev–Trinajstić information content (AvgIpc) is 2.25. The number of nitrogens with zero attached hydrogens (tertiary/aromatic N) is 1. The highest BCUT2D eigenvalue weighted by Crippen LogP contribution is 2.21. The van der Waals surface area contributed by atoms with Gasteiger partial charge in [0.25, 0.3) is 5.91 Å². The van der Waals surface area contributed by atoms with Gasteiger partial charge in [0.2, 0.25) is 0 Å². The van der Waals surface area contributed by atoms with E-state index in [4.69, 9.17) is 4.74 Å². The number of morpholine rings is 1. The van der Waals surface area contributed by atoms with E-state index in [9.17, 15) is 4.79 Å². The Morgan fingerprint density at radius 3 is 2.05 bits per heavy atom. The van der Waals surface area contributed by atoms with Crippen molar-refractivity contribution >= 4 is 5.91 Å². The standard InChI is InChI=1S/C16H23NO2/c1-10-6-11(2)15(12(3)7-10)16(18)17-8-13(4)19-14(5)9-17/h6-7,13-14H,8-9H2,1-5H3/t13-,14+. The summed E-state index contributed by atoms with van der Waals surface area (Å²) < 4.78 is 5.69. The van der Waals surface area contributed by atoms with E-state index in [0.717, 1.165) is 16.7 Å². The lowest BCUT2D eigenvalue weighted by Crippen LogP contribution is -2.48. The molecule has 0 saturated carbocycles. The molecule has 0 aromatic heterocycles. The van der Waals surface area contributed by atoms with Gasteiger partial charge in [-0.3, -0.25) is 4.79 Å². The minimum absolute atomic E-state index is 0.110. The topological polar surface area (TPSA) is 29.5 Å². The summed E-state index contributed by atoms with van der Waals surface area (Å²) in [5.41, 5.74) is 4.19. The van der Waals surface area contributed by atoms with Crippen LogP contribution >= 0.6 is 0 Å². The van der Waals surface area contributed by atoms with Gasteiger partial charge in [0, 0.05) is 18.7 Å². The molecule has 0 radical (unpaired) electrons. The minimum atomic E-state index is 0.110. The van der Waals surface area contributed by atoms with E-state index in [1.54, 1.807) is 0 Å². The molecule has 1 amide bonds. The summed E-state index contributed by atoms with van der Waals surface area (Å²) in [6, 6.07) is 4.15. The van der Waals surface area contributed by atoms with Crippen molar-refractivity contribution in [3.05, 3.63) is 34.4 Å². The molecule has 1 aliphatic heterocycles. The molecular weight excluding hydrogens is 238 g/mol. The molecule has 2 rings (SSSR count). The van der Waals surface area contributed by atoms with Gasteiger partial charge in [-0.15, -0.1) is 0 Å². The third-order valence-corrected chi connectivity index (χ3v) is 3.60. The first-order valence-corrected chi connectivity index (χ1v) is 6.91. The molecule has 1 aliphatic rings. The molecule has 1 aromatic carbocycles. The number of hydrogen-bond acceptors (Lipinski definition) is 2. The Balaban J connectivity index is 2.29. The Kier molecular flexibility index (Phi) is 3.95. The predicted octanol–water partition coefficient (Wildman–Crippen LogP) is 2.86. The van der Waals surface area contributed by atoms with Crippen LogP contribution in [-0.2, 0) is 4.74 Å². The van der Waals surface area contributed by atoms with Gasteiger partial charge in [-0.25, -0.2) is 0 Å². The fourth-order valence-corrected chi connectivity index (χ4v) is 3.02. The number of hydrogen-bond donors (Lipinski definition) is 0. The molecule has 0 bridgehead atoms. The molecule has 1 fully saturated rings. The third-order valence-electron chi connectivity index (χ3n) is 3.60. The van der Waals surface area contributed by atoms with Crippen LogP contribution in [0.4, 0.5) is 0 Å². The first kappa shape index (κ1) is 14.1. The zero-order valence-corrected chi connectivity index (χ0v) is 12.5. The summed E-state index contributed by atoms with van der Waals surface area (Å²) in [7, 11) is 0. The van der Waals surface area contributed by atoms with Crippen molar-refractivity contribution in [2.45, 2.75) is 46.8 Å². The number of rotatable bonds is 1. The van der Waals surface area contributed by atoms with Crippen molar-refractivity contribution in [3.63, 3.8) is 0 Å². The second-order valence-corrected chi connectivity index (χ2v) is 5.74. The molecule has 0 unspecified atom stereocenters. The molecule has 19 heavy (non-hydrogen) atoms. The second kappa shape index (κ2) is 5.33. The highest BCUT2D eigenvalue weighted by Gasteiger charge is 2.28. The fourth-order valence-electron chi connectivity index (χ4n) is 3.02. The van der Waals surface area contributed by atoms with E-state index in [0.29, 0.717) is 13.1 Å². The van der Waals surface area contributed by atoms with Crippen LogP contribution < -0.4 is 0 Å². The van der Waals surface area contributed by atoms with Crippen molar-refractivity contribution < 1.29 is 9.53 Å². The van der Waals surface area contributed by atoms with Crippen LogP contribution in [0.5, 0.6) is 0 Å². The van der Waals surface area contributed by atoms with Crippen molar-refractivity contribution in [2.75, 3.05) is 13.1 Å². The predicted molar refractivity (Wildman–Crippen MR) is 76.6 cm³/mol. The maximum Gasteiger partial charge on any atom is 0.254 e. The van der Waals surface area contributed by atoms with Gasteiger partial charge in [-0.2, -0.15) is 0 Å². The minimum Gasteiger partial charge on any atom is -0.372 e. The van der Waals surface area contributed by atoms with Gasteiger partial charge in [0.05, 0.1) is 12.2 Å². The van der Waals surface area contributed by atoms with Gasteiger partial charge >= 0.3 is 0 Å². The highest BCUT2D eigenvalue weighted by molar-refractivity contribution is 5.97. The molecule has 3 nitrogen and oxygen atoms in total. The van der Waals surface area contributed by atoms with Crippen molar-refractivity contribution in [1.82, 2.24) is 4.90 Å². The molecule has 0 spiro atoms. The number of aryl methyl sites for hydroxylation is 3. The summed E-state index contributed by atoms with van der Waals surface area (Å²) in [4.78, 5) is 14.6. The van der Waals surface area contributed by atoms with Crippen LogP contribution in [0, 0.1) is 20.8 Å². The van der Waals surface area contributed by atoms with E-state index >= 15 is 0 Å². The lowest BCUT2D eigenvalue weighted by molar-refractivity contribution is -0.0586. The smallest absolute Gasteiger partial charge is 0.254 e.